The summed E-state index contributed by atoms with van der Waals surface area (Å²) in [5.41, 5.74) is 5.48. The van der Waals surface area contributed by atoms with Crippen molar-refractivity contribution >= 4 is 17.7 Å². The monoisotopic (exact) mass is 437 g/mol. The zero-order valence-corrected chi connectivity index (χ0v) is 17.9. The van der Waals surface area contributed by atoms with Gasteiger partial charge in [-0.05, 0) is 17.7 Å². The molecule has 0 radical (unpaired) electrons. The van der Waals surface area contributed by atoms with Crippen molar-refractivity contribution in [1.29, 1.82) is 0 Å². The first kappa shape index (κ1) is 19.9. The zero-order chi connectivity index (χ0) is 21.2. The molecule has 1 N–H and O–H groups in total. The molecule has 3 aromatic rings. The number of nitrogens with zero attached hydrogens (tertiary/aromatic N) is 4. The van der Waals surface area contributed by atoms with Crippen molar-refractivity contribution in [3.63, 3.8) is 0 Å². The van der Waals surface area contributed by atoms with Crippen molar-refractivity contribution in [2.75, 3.05) is 38.8 Å². The summed E-state index contributed by atoms with van der Waals surface area (Å²) < 4.78 is 12.6. The number of morpholine rings is 1. The first-order chi connectivity index (χ1) is 15.2. The smallest absolute Gasteiger partial charge is 0.238 e. The quantitative estimate of drug-likeness (QED) is 0.672. The molecule has 0 aliphatic carbocycles. The van der Waals surface area contributed by atoms with E-state index in [2.05, 4.69) is 15.6 Å². The van der Waals surface area contributed by atoms with E-state index in [1.54, 1.807) is 7.11 Å². The van der Waals surface area contributed by atoms with Crippen LogP contribution < -0.4 is 10.2 Å². The Morgan fingerprint density at radius 2 is 1.84 bits per heavy atom. The van der Waals surface area contributed by atoms with Crippen molar-refractivity contribution in [3.8, 4) is 17.1 Å². The number of rotatable bonds is 4. The Morgan fingerprint density at radius 1 is 1.10 bits per heavy atom. The lowest BCUT2D eigenvalue weighted by Gasteiger charge is -2.37. The molecule has 9 heteroatoms. The fraction of sp³-hybridized carbons (Fsp3) is 0.318. The maximum Gasteiger partial charge on any atom is 0.238 e. The number of fused-ring (bicyclic) bond motifs is 1. The molecule has 1 fully saturated rings. The summed E-state index contributed by atoms with van der Waals surface area (Å²) >= 11 is 1.45. The average Bonchev–Trinajstić information content (AvgIpc) is 3.27. The number of amides is 1. The number of hydrogen-bond acceptors (Lipinski definition) is 7. The summed E-state index contributed by atoms with van der Waals surface area (Å²) in [7, 11) is 1.64. The average molecular weight is 438 g/mol. The second-order valence-electron chi connectivity index (χ2n) is 7.36. The van der Waals surface area contributed by atoms with E-state index in [0.717, 1.165) is 22.7 Å². The van der Waals surface area contributed by atoms with Crippen LogP contribution in [0.15, 0.2) is 59.8 Å². The van der Waals surface area contributed by atoms with E-state index in [9.17, 15) is 4.79 Å². The van der Waals surface area contributed by atoms with E-state index in [4.69, 9.17) is 9.47 Å². The molecule has 2 aromatic carbocycles. The predicted molar refractivity (Wildman–Crippen MR) is 118 cm³/mol. The fourth-order valence-corrected chi connectivity index (χ4v) is 5.01. The molecule has 160 valence electrons. The largest absolute Gasteiger partial charge is 0.497 e. The molecular formula is C22H23N5O3S. The zero-order valence-electron chi connectivity index (χ0n) is 17.1. The van der Waals surface area contributed by atoms with Crippen LogP contribution in [0.5, 0.6) is 5.75 Å². The van der Waals surface area contributed by atoms with E-state index in [-0.39, 0.29) is 17.2 Å². The summed E-state index contributed by atoms with van der Waals surface area (Å²) in [5, 5.41) is 9.07. The third-order valence-electron chi connectivity index (χ3n) is 5.51. The third-order valence-corrected chi connectivity index (χ3v) is 6.71. The first-order valence-electron chi connectivity index (χ1n) is 10.2. The summed E-state index contributed by atoms with van der Waals surface area (Å²) in [6, 6.07) is 17.5. The number of methoxy groups -OCH3 is 1. The van der Waals surface area contributed by atoms with Crippen molar-refractivity contribution < 1.29 is 14.3 Å². The Morgan fingerprint density at radius 3 is 2.55 bits per heavy atom. The second-order valence-corrected chi connectivity index (χ2v) is 8.47. The Balaban J connectivity index is 1.52. The topological polar surface area (TPSA) is 81.5 Å². The highest BCUT2D eigenvalue weighted by Crippen LogP contribution is 2.39. The van der Waals surface area contributed by atoms with Crippen LogP contribution in [0.2, 0.25) is 0 Å². The number of carbonyl (C=O) groups excluding carboxylic acids is 1. The number of nitrogens with one attached hydrogen (secondary N) is 1. The van der Waals surface area contributed by atoms with Gasteiger partial charge >= 0.3 is 0 Å². The van der Waals surface area contributed by atoms with Gasteiger partial charge in [-0.25, -0.2) is 4.68 Å². The van der Waals surface area contributed by atoms with Crippen molar-refractivity contribution in [2.24, 2.45) is 0 Å². The molecular weight excluding hydrogens is 414 g/mol. The predicted octanol–water partition coefficient (Wildman–Crippen LogP) is 2.57. The van der Waals surface area contributed by atoms with Crippen LogP contribution in [-0.4, -0.2) is 64.3 Å². The molecule has 31 heavy (non-hydrogen) atoms. The first-order valence-corrected chi connectivity index (χ1v) is 11.1. The fourth-order valence-electron chi connectivity index (χ4n) is 3.84. The number of thioether (sulfide) groups is 1. The molecule has 8 nitrogen and oxygen atoms in total. The van der Waals surface area contributed by atoms with Gasteiger partial charge in [0.25, 0.3) is 0 Å². The highest BCUT2D eigenvalue weighted by molar-refractivity contribution is 8.00. The van der Waals surface area contributed by atoms with Gasteiger partial charge in [0.15, 0.2) is 5.82 Å². The van der Waals surface area contributed by atoms with Crippen LogP contribution in [0, 0.1) is 0 Å². The van der Waals surface area contributed by atoms with E-state index in [1.165, 1.54) is 11.8 Å². The van der Waals surface area contributed by atoms with Gasteiger partial charge in [-0.1, -0.05) is 54.2 Å². The number of benzene rings is 2. The Hall–Kier alpha value is -3.04. The van der Waals surface area contributed by atoms with Gasteiger partial charge in [0, 0.05) is 18.7 Å². The lowest BCUT2D eigenvalue weighted by atomic mass is 10.0. The molecule has 2 atom stereocenters. The standard InChI is InChI=1S/C22H23N5O3S/c1-29-17-9-7-15(8-10-17)18-19(21(28)26-11-13-30-14-12-26)31-22-24-23-20(27(22)25-18)16-5-3-2-4-6-16/h2-10,18-19,25H,11-14H2,1H3/t18-,19-/m1/s1. The minimum absolute atomic E-state index is 0.0807. The lowest BCUT2D eigenvalue weighted by molar-refractivity contribution is -0.135. The Bertz CT molecular complexity index is 1050. The van der Waals surface area contributed by atoms with E-state index >= 15 is 0 Å². The highest BCUT2D eigenvalue weighted by atomic mass is 32.2. The normalized spacial score (nSPS) is 20.6. The van der Waals surface area contributed by atoms with Gasteiger partial charge in [-0.2, -0.15) is 0 Å². The lowest BCUT2D eigenvalue weighted by Crippen LogP contribution is -2.49. The van der Waals surface area contributed by atoms with E-state index in [1.807, 2.05) is 64.2 Å². The van der Waals surface area contributed by atoms with Gasteiger partial charge < -0.3 is 19.8 Å². The van der Waals surface area contributed by atoms with Crippen molar-refractivity contribution in [1.82, 2.24) is 19.8 Å². The summed E-state index contributed by atoms with van der Waals surface area (Å²) in [5.74, 6) is 1.58. The van der Waals surface area contributed by atoms with Crippen molar-refractivity contribution in [2.45, 2.75) is 16.4 Å². The summed E-state index contributed by atoms with van der Waals surface area (Å²) in [6.07, 6.45) is 0. The van der Waals surface area contributed by atoms with Crippen LogP contribution in [0.25, 0.3) is 11.4 Å². The van der Waals surface area contributed by atoms with Crippen molar-refractivity contribution in [3.05, 3.63) is 60.2 Å². The maximum absolute atomic E-state index is 13.5. The maximum atomic E-state index is 13.5. The molecule has 1 saturated heterocycles. The van der Waals surface area contributed by atoms with E-state index in [0.29, 0.717) is 31.5 Å². The molecule has 5 rings (SSSR count). The number of hydrogen-bond donors (Lipinski definition) is 1. The molecule has 2 aliphatic heterocycles. The SMILES string of the molecule is COc1ccc([C@H]2Nn3c(nnc3-c3ccccc3)S[C@H]2C(=O)N2CCOCC2)cc1. The van der Waals surface area contributed by atoms with Gasteiger partial charge in [0.05, 0.1) is 26.4 Å². The minimum atomic E-state index is -0.369. The van der Waals surface area contributed by atoms with Gasteiger partial charge in [-0.3, -0.25) is 4.79 Å². The van der Waals surface area contributed by atoms with Gasteiger partial charge in [-0.15, -0.1) is 10.2 Å². The second kappa shape index (κ2) is 8.60. The van der Waals surface area contributed by atoms with Crippen LogP contribution in [0.3, 0.4) is 0 Å². The molecule has 3 heterocycles. The minimum Gasteiger partial charge on any atom is -0.497 e. The van der Waals surface area contributed by atoms with Gasteiger partial charge in [0.2, 0.25) is 11.1 Å². The number of aromatic nitrogens is 3. The van der Waals surface area contributed by atoms with Crippen LogP contribution >= 0.6 is 11.8 Å². The van der Waals surface area contributed by atoms with E-state index < -0.39 is 0 Å². The van der Waals surface area contributed by atoms with Crippen LogP contribution in [0.4, 0.5) is 0 Å². The molecule has 1 aromatic heterocycles. The van der Waals surface area contributed by atoms with Crippen LogP contribution in [0.1, 0.15) is 11.6 Å². The number of carbonyl (C=O) groups is 1. The Labute approximate surface area is 184 Å². The van der Waals surface area contributed by atoms with Crippen LogP contribution in [-0.2, 0) is 9.53 Å². The molecule has 0 bridgehead atoms. The summed E-state index contributed by atoms with van der Waals surface area (Å²) in [4.78, 5) is 15.4. The highest BCUT2D eigenvalue weighted by Gasteiger charge is 2.40. The molecule has 2 aliphatic rings. The molecule has 1 amide bonds. The third kappa shape index (κ3) is 3.86. The van der Waals surface area contributed by atoms with Gasteiger partial charge in [0.1, 0.15) is 11.0 Å². The summed E-state index contributed by atoms with van der Waals surface area (Å²) in [6.45, 7) is 2.34. The Kier molecular flexibility index (Phi) is 5.52. The molecule has 0 saturated carbocycles. The number of ether oxygens (including phenoxy) is 2. The molecule has 0 spiro atoms. The molecule has 0 unspecified atom stereocenters.